The summed E-state index contributed by atoms with van der Waals surface area (Å²) in [4.78, 5) is 24.4. The summed E-state index contributed by atoms with van der Waals surface area (Å²) < 4.78 is 45.8. The van der Waals surface area contributed by atoms with Gasteiger partial charge in [0.05, 0.1) is 24.1 Å². The number of hydrogen-bond acceptors (Lipinski definition) is 8. The van der Waals surface area contributed by atoms with Gasteiger partial charge in [-0.3, -0.25) is 19.6 Å². The zero-order valence-electron chi connectivity index (χ0n) is 16.1. The highest BCUT2D eigenvalue weighted by Crippen LogP contribution is 2.34. The van der Waals surface area contributed by atoms with Gasteiger partial charge in [-0.05, 0) is 12.1 Å². The molecule has 0 unspecified atom stereocenters. The summed E-state index contributed by atoms with van der Waals surface area (Å²) >= 11 is 1.99. The molecule has 0 aliphatic rings. The second kappa shape index (κ2) is 9.34. The molecule has 0 saturated carbocycles. The van der Waals surface area contributed by atoms with Crippen molar-refractivity contribution < 1.29 is 27.5 Å². The van der Waals surface area contributed by atoms with Crippen LogP contribution in [0.5, 0.6) is 5.88 Å². The third-order valence-electron chi connectivity index (χ3n) is 3.69. The van der Waals surface area contributed by atoms with E-state index in [1.54, 1.807) is 7.05 Å². The molecule has 3 rings (SSSR count). The van der Waals surface area contributed by atoms with Crippen LogP contribution in [-0.2, 0) is 18.0 Å². The maximum atomic E-state index is 13.0. The van der Waals surface area contributed by atoms with Crippen LogP contribution >= 0.6 is 23.1 Å². The normalized spacial score (nSPS) is 11.3. The number of anilines is 2. The van der Waals surface area contributed by atoms with Crippen LogP contribution in [0.25, 0.3) is 0 Å². The average molecular weight is 472 g/mol. The number of thioether (sulfide) groups is 1. The van der Waals surface area contributed by atoms with Gasteiger partial charge in [0.1, 0.15) is 5.56 Å². The van der Waals surface area contributed by atoms with Crippen LogP contribution in [0.15, 0.2) is 34.8 Å². The van der Waals surface area contributed by atoms with E-state index in [9.17, 15) is 22.8 Å². The molecule has 0 atom stereocenters. The number of carbonyl (C=O) groups is 2. The molecular weight excluding hydrogens is 457 g/mol. The predicted octanol–water partition coefficient (Wildman–Crippen LogP) is 3.28. The minimum absolute atomic E-state index is 0.148. The molecule has 0 aliphatic carbocycles. The summed E-state index contributed by atoms with van der Waals surface area (Å²) in [5, 5.41) is 16.6. The number of aromatic nitrogens is 4. The van der Waals surface area contributed by atoms with E-state index < -0.39 is 23.6 Å². The van der Waals surface area contributed by atoms with E-state index in [1.807, 2.05) is 0 Å². The van der Waals surface area contributed by atoms with Crippen molar-refractivity contribution in [1.82, 2.24) is 20.0 Å². The van der Waals surface area contributed by atoms with Gasteiger partial charge in [-0.2, -0.15) is 13.2 Å². The molecule has 164 valence electrons. The van der Waals surface area contributed by atoms with E-state index in [0.717, 1.165) is 29.2 Å². The van der Waals surface area contributed by atoms with Gasteiger partial charge in [-0.25, -0.2) is 0 Å². The number of carbonyl (C=O) groups excluding carboxylic acids is 2. The fourth-order valence-electron chi connectivity index (χ4n) is 2.41. The van der Waals surface area contributed by atoms with Gasteiger partial charge in [0.15, 0.2) is 4.34 Å². The summed E-state index contributed by atoms with van der Waals surface area (Å²) in [5.74, 6) is -1.18. The number of para-hydroxylation sites is 1. The van der Waals surface area contributed by atoms with Crippen molar-refractivity contribution in [3.63, 3.8) is 0 Å². The summed E-state index contributed by atoms with van der Waals surface area (Å²) in [6, 6.07) is 4.71. The fourth-order valence-corrected chi connectivity index (χ4v) is 3.96. The molecule has 2 amide bonds. The number of amides is 2. The quantitative estimate of drug-likeness (QED) is 0.401. The molecule has 0 fully saturated rings. The number of alkyl halides is 3. The molecule has 0 spiro atoms. The Kier molecular flexibility index (Phi) is 6.80. The number of rotatable bonds is 7. The molecule has 0 aliphatic heterocycles. The Morgan fingerprint density at radius 2 is 1.97 bits per heavy atom. The SMILES string of the molecule is COc1nn(C)cc1C(=O)Nc1nnc(SCC(=O)Nc2ccccc2C(F)(F)F)s1. The van der Waals surface area contributed by atoms with Gasteiger partial charge in [0.25, 0.3) is 5.91 Å². The molecule has 9 nitrogen and oxygen atoms in total. The van der Waals surface area contributed by atoms with Crippen molar-refractivity contribution in [2.45, 2.75) is 10.5 Å². The largest absolute Gasteiger partial charge is 0.479 e. The number of nitrogens with zero attached hydrogens (tertiary/aromatic N) is 4. The molecule has 0 bridgehead atoms. The van der Waals surface area contributed by atoms with E-state index in [-0.39, 0.29) is 28.0 Å². The lowest BCUT2D eigenvalue weighted by molar-refractivity contribution is -0.137. The Bertz CT molecular complexity index is 1100. The number of benzene rings is 1. The fraction of sp³-hybridized carbons (Fsp3) is 0.235. The zero-order valence-corrected chi connectivity index (χ0v) is 17.7. The summed E-state index contributed by atoms with van der Waals surface area (Å²) in [6.07, 6.45) is -3.10. The van der Waals surface area contributed by atoms with Crippen LogP contribution < -0.4 is 15.4 Å². The van der Waals surface area contributed by atoms with Crippen molar-refractivity contribution in [2.24, 2.45) is 7.05 Å². The molecule has 0 radical (unpaired) electrons. The first-order valence-corrected chi connectivity index (χ1v) is 10.3. The number of nitrogens with one attached hydrogen (secondary N) is 2. The average Bonchev–Trinajstić information content (AvgIpc) is 3.32. The highest BCUT2D eigenvalue weighted by Gasteiger charge is 2.33. The van der Waals surface area contributed by atoms with Crippen molar-refractivity contribution in [1.29, 1.82) is 0 Å². The maximum absolute atomic E-state index is 13.0. The van der Waals surface area contributed by atoms with Crippen molar-refractivity contribution >= 4 is 45.7 Å². The summed E-state index contributed by atoms with van der Waals surface area (Å²) in [6.45, 7) is 0. The highest BCUT2D eigenvalue weighted by molar-refractivity contribution is 8.01. The Balaban J connectivity index is 1.57. The summed E-state index contributed by atoms with van der Waals surface area (Å²) in [7, 11) is 3.02. The minimum atomic E-state index is -4.58. The van der Waals surface area contributed by atoms with Gasteiger partial charge in [0.2, 0.25) is 16.9 Å². The van der Waals surface area contributed by atoms with Crippen LogP contribution in [0.2, 0.25) is 0 Å². The summed E-state index contributed by atoms with van der Waals surface area (Å²) in [5.41, 5.74) is -1.05. The molecule has 0 saturated heterocycles. The third kappa shape index (κ3) is 5.73. The van der Waals surface area contributed by atoms with Gasteiger partial charge < -0.3 is 10.1 Å². The Hall–Kier alpha value is -3.13. The number of hydrogen-bond donors (Lipinski definition) is 2. The molecule has 2 heterocycles. The van der Waals surface area contributed by atoms with Crippen molar-refractivity contribution in [3.8, 4) is 5.88 Å². The zero-order chi connectivity index (χ0) is 22.6. The molecular formula is C17H15F3N6O3S2. The first-order chi connectivity index (χ1) is 14.7. The Labute approximate surface area is 182 Å². The first kappa shape index (κ1) is 22.6. The van der Waals surface area contributed by atoms with E-state index in [4.69, 9.17) is 4.74 Å². The van der Waals surface area contributed by atoms with Crippen LogP contribution in [0, 0.1) is 0 Å². The van der Waals surface area contributed by atoms with Crippen LogP contribution in [-0.4, -0.2) is 44.7 Å². The molecule has 31 heavy (non-hydrogen) atoms. The molecule has 2 N–H and O–H groups in total. The number of methoxy groups -OCH3 is 1. The first-order valence-electron chi connectivity index (χ1n) is 8.48. The van der Waals surface area contributed by atoms with Crippen molar-refractivity contribution in [2.75, 3.05) is 23.5 Å². The predicted molar refractivity (Wildman–Crippen MR) is 108 cm³/mol. The van der Waals surface area contributed by atoms with Crippen LogP contribution in [0.3, 0.4) is 0 Å². The lowest BCUT2D eigenvalue weighted by Gasteiger charge is -2.13. The second-order valence-corrected chi connectivity index (χ2v) is 8.13. The van der Waals surface area contributed by atoms with E-state index in [1.165, 1.54) is 36.2 Å². The van der Waals surface area contributed by atoms with E-state index in [0.29, 0.717) is 4.34 Å². The molecule has 1 aromatic carbocycles. The van der Waals surface area contributed by atoms with Gasteiger partial charge in [-0.1, -0.05) is 35.2 Å². The number of ether oxygens (including phenoxy) is 1. The molecule has 2 aromatic heterocycles. The lowest BCUT2D eigenvalue weighted by atomic mass is 10.1. The molecule has 14 heteroatoms. The Morgan fingerprint density at radius 1 is 1.23 bits per heavy atom. The van der Waals surface area contributed by atoms with E-state index >= 15 is 0 Å². The van der Waals surface area contributed by atoms with Crippen LogP contribution in [0.1, 0.15) is 15.9 Å². The van der Waals surface area contributed by atoms with Gasteiger partial charge >= 0.3 is 6.18 Å². The Morgan fingerprint density at radius 3 is 2.68 bits per heavy atom. The third-order valence-corrected chi connectivity index (χ3v) is 5.67. The minimum Gasteiger partial charge on any atom is -0.479 e. The second-order valence-electron chi connectivity index (χ2n) is 5.93. The smallest absolute Gasteiger partial charge is 0.418 e. The lowest BCUT2D eigenvalue weighted by Crippen LogP contribution is -2.18. The van der Waals surface area contributed by atoms with Gasteiger partial charge in [-0.15, -0.1) is 15.3 Å². The topological polar surface area (TPSA) is 111 Å². The van der Waals surface area contributed by atoms with Crippen molar-refractivity contribution in [3.05, 3.63) is 41.6 Å². The van der Waals surface area contributed by atoms with Crippen LogP contribution in [0.4, 0.5) is 24.0 Å². The van der Waals surface area contributed by atoms with Gasteiger partial charge in [0, 0.05) is 13.2 Å². The monoisotopic (exact) mass is 472 g/mol. The van der Waals surface area contributed by atoms with E-state index in [2.05, 4.69) is 25.9 Å². The number of halogens is 3. The number of aryl methyl sites for hydroxylation is 1. The molecule has 3 aromatic rings. The standard InChI is InChI=1S/C17H15F3N6O3S2/c1-26-7-9(14(25-26)29-2)13(28)22-15-23-24-16(31-15)30-8-12(27)21-11-6-4-3-5-10(11)17(18,19)20/h3-7H,8H2,1-2H3,(H,21,27)(H,22,23,28). The highest BCUT2D eigenvalue weighted by atomic mass is 32.2. The maximum Gasteiger partial charge on any atom is 0.418 e.